The van der Waals surface area contributed by atoms with Gasteiger partial charge < -0.3 is 4.74 Å². The van der Waals surface area contributed by atoms with Crippen LogP contribution in [-0.2, 0) is 16.1 Å². The summed E-state index contributed by atoms with van der Waals surface area (Å²) in [6.07, 6.45) is 0. The van der Waals surface area contributed by atoms with Crippen molar-refractivity contribution in [3.8, 4) is 0 Å². The highest BCUT2D eigenvalue weighted by Crippen LogP contribution is 2.34. The van der Waals surface area contributed by atoms with E-state index in [2.05, 4.69) is 17.0 Å². The lowest BCUT2D eigenvalue weighted by atomic mass is 9.89. The van der Waals surface area contributed by atoms with E-state index in [0.29, 0.717) is 6.54 Å². The van der Waals surface area contributed by atoms with Gasteiger partial charge in [-0.25, -0.2) is 4.39 Å². The lowest BCUT2D eigenvalue weighted by molar-refractivity contribution is -0.145. The Morgan fingerprint density at radius 1 is 1.17 bits per heavy atom. The molecule has 0 N–H and O–H groups in total. The Morgan fingerprint density at radius 3 is 2.65 bits per heavy atom. The topological polar surface area (TPSA) is 29.5 Å². The van der Waals surface area contributed by atoms with Gasteiger partial charge in [0.1, 0.15) is 5.82 Å². The van der Waals surface area contributed by atoms with Gasteiger partial charge >= 0.3 is 5.97 Å². The van der Waals surface area contributed by atoms with Gasteiger partial charge in [-0.2, -0.15) is 0 Å². The average molecular weight is 313 g/mol. The number of hydrogen-bond acceptors (Lipinski definition) is 3. The lowest BCUT2D eigenvalue weighted by Gasteiger charge is -2.16. The number of rotatable bonds is 4. The minimum Gasteiger partial charge on any atom is -0.469 e. The number of carbonyl (C=O) groups is 1. The molecule has 0 unspecified atom stereocenters. The van der Waals surface area contributed by atoms with Crippen LogP contribution in [0.4, 0.5) is 4.39 Å². The van der Waals surface area contributed by atoms with Gasteiger partial charge in [-0.05, 0) is 23.3 Å². The molecule has 1 aliphatic rings. The summed E-state index contributed by atoms with van der Waals surface area (Å²) in [5, 5.41) is 0. The van der Waals surface area contributed by atoms with E-state index in [1.165, 1.54) is 24.8 Å². The summed E-state index contributed by atoms with van der Waals surface area (Å²) < 4.78 is 18.5. The summed E-state index contributed by atoms with van der Waals surface area (Å²) in [6.45, 7) is 2.13. The monoisotopic (exact) mass is 313 g/mol. The number of benzene rings is 2. The molecular formula is C19H20FNO2. The molecule has 2 aromatic carbocycles. The Morgan fingerprint density at radius 2 is 1.96 bits per heavy atom. The molecule has 1 aliphatic heterocycles. The SMILES string of the molecule is COC(=O)[C@@H]1CN(Cc2ccccc2)C[C@H]1c1cccc(F)c1. The number of ether oxygens (including phenoxy) is 1. The smallest absolute Gasteiger partial charge is 0.310 e. The van der Waals surface area contributed by atoms with Crippen LogP contribution >= 0.6 is 0 Å². The van der Waals surface area contributed by atoms with Crippen LogP contribution in [0, 0.1) is 11.7 Å². The van der Waals surface area contributed by atoms with Crippen LogP contribution in [0.2, 0.25) is 0 Å². The quantitative estimate of drug-likeness (QED) is 0.812. The largest absolute Gasteiger partial charge is 0.469 e. The molecule has 120 valence electrons. The van der Waals surface area contributed by atoms with E-state index in [9.17, 15) is 9.18 Å². The van der Waals surface area contributed by atoms with Crippen molar-refractivity contribution < 1.29 is 13.9 Å². The first-order chi connectivity index (χ1) is 11.2. The summed E-state index contributed by atoms with van der Waals surface area (Å²) in [6, 6.07) is 16.7. The molecule has 23 heavy (non-hydrogen) atoms. The van der Waals surface area contributed by atoms with Gasteiger partial charge in [-0.15, -0.1) is 0 Å². The molecule has 3 nitrogen and oxygen atoms in total. The van der Waals surface area contributed by atoms with Crippen molar-refractivity contribution in [3.63, 3.8) is 0 Å². The third-order valence-electron chi connectivity index (χ3n) is 4.43. The van der Waals surface area contributed by atoms with Gasteiger partial charge in [-0.1, -0.05) is 42.5 Å². The summed E-state index contributed by atoms with van der Waals surface area (Å²) >= 11 is 0. The minimum atomic E-state index is -0.271. The molecule has 0 saturated carbocycles. The van der Waals surface area contributed by atoms with Crippen LogP contribution in [0.1, 0.15) is 17.0 Å². The predicted molar refractivity (Wildman–Crippen MR) is 86.4 cm³/mol. The van der Waals surface area contributed by atoms with Crippen LogP contribution in [-0.4, -0.2) is 31.1 Å². The Labute approximate surface area is 135 Å². The van der Waals surface area contributed by atoms with Crippen molar-refractivity contribution in [1.29, 1.82) is 0 Å². The summed E-state index contributed by atoms with van der Waals surface area (Å²) in [5.74, 6) is -0.796. The Balaban J connectivity index is 1.81. The fourth-order valence-electron chi connectivity index (χ4n) is 3.32. The van der Waals surface area contributed by atoms with Gasteiger partial charge in [0.15, 0.2) is 0 Å². The molecule has 1 saturated heterocycles. The fourth-order valence-corrected chi connectivity index (χ4v) is 3.32. The highest BCUT2D eigenvalue weighted by atomic mass is 19.1. The molecule has 0 spiro atoms. The van der Waals surface area contributed by atoms with Crippen molar-refractivity contribution in [3.05, 3.63) is 71.5 Å². The molecule has 2 atom stereocenters. The van der Waals surface area contributed by atoms with E-state index in [-0.39, 0.29) is 23.6 Å². The normalized spacial score (nSPS) is 21.3. The Kier molecular flexibility index (Phi) is 4.72. The van der Waals surface area contributed by atoms with E-state index in [1.54, 1.807) is 6.07 Å². The summed E-state index contributed by atoms with van der Waals surface area (Å²) in [7, 11) is 1.41. The second kappa shape index (κ2) is 6.92. The Hall–Kier alpha value is -2.20. The second-order valence-corrected chi connectivity index (χ2v) is 5.97. The molecule has 1 fully saturated rings. The molecule has 0 aromatic heterocycles. The molecular weight excluding hydrogens is 293 g/mol. The van der Waals surface area contributed by atoms with Gasteiger partial charge in [-0.3, -0.25) is 9.69 Å². The molecule has 0 amide bonds. The van der Waals surface area contributed by atoms with Gasteiger partial charge in [0.25, 0.3) is 0 Å². The summed E-state index contributed by atoms with van der Waals surface area (Å²) in [4.78, 5) is 14.4. The maximum absolute atomic E-state index is 13.5. The Bertz CT molecular complexity index is 674. The summed E-state index contributed by atoms with van der Waals surface area (Å²) in [5.41, 5.74) is 2.06. The lowest BCUT2D eigenvalue weighted by Crippen LogP contribution is -2.24. The van der Waals surface area contributed by atoms with Crippen molar-refractivity contribution in [1.82, 2.24) is 4.90 Å². The number of nitrogens with zero attached hydrogens (tertiary/aromatic N) is 1. The first-order valence-corrected chi connectivity index (χ1v) is 7.77. The van der Waals surface area contributed by atoms with E-state index >= 15 is 0 Å². The van der Waals surface area contributed by atoms with E-state index < -0.39 is 0 Å². The van der Waals surface area contributed by atoms with Crippen LogP contribution in [0.5, 0.6) is 0 Å². The number of methoxy groups -OCH3 is 1. The molecule has 0 radical (unpaired) electrons. The number of hydrogen-bond donors (Lipinski definition) is 0. The van der Waals surface area contributed by atoms with Crippen LogP contribution in [0.3, 0.4) is 0 Å². The van der Waals surface area contributed by atoms with Gasteiger partial charge in [0.2, 0.25) is 0 Å². The molecule has 1 heterocycles. The van der Waals surface area contributed by atoms with Crippen molar-refractivity contribution in [2.45, 2.75) is 12.5 Å². The van der Waals surface area contributed by atoms with Crippen LogP contribution in [0.15, 0.2) is 54.6 Å². The van der Waals surface area contributed by atoms with Gasteiger partial charge in [0, 0.05) is 25.6 Å². The first kappa shape index (κ1) is 15.7. The van der Waals surface area contributed by atoms with Crippen molar-refractivity contribution in [2.75, 3.05) is 20.2 Å². The van der Waals surface area contributed by atoms with E-state index in [4.69, 9.17) is 4.74 Å². The highest BCUT2D eigenvalue weighted by Gasteiger charge is 2.39. The predicted octanol–water partition coefficient (Wildman–Crippen LogP) is 3.21. The second-order valence-electron chi connectivity index (χ2n) is 5.97. The zero-order chi connectivity index (χ0) is 16.2. The maximum atomic E-state index is 13.5. The number of halogens is 1. The molecule has 0 aliphatic carbocycles. The van der Waals surface area contributed by atoms with E-state index in [1.807, 2.05) is 24.3 Å². The zero-order valence-corrected chi connectivity index (χ0v) is 13.1. The highest BCUT2D eigenvalue weighted by molar-refractivity contribution is 5.74. The molecule has 0 bridgehead atoms. The fraction of sp³-hybridized carbons (Fsp3) is 0.316. The third-order valence-corrected chi connectivity index (χ3v) is 4.43. The molecule has 3 rings (SSSR count). The van der Waals surface area contributed by atoms with Crippen molar-refractivity contribution >= 4 is 5.97 Å². The number of likely N-dealkylation sites (tertiary alicyclic amines) is 1. The average Bonchev–Trinajstić information content (AvgIpc) is 2.99. The van der Waals surface area contributed by atoms with Crippen LogP contribution < -0.4 is 0 Å². The molecule has 2 aromatic rings. The number of esters is 1. The van der Waals surface area contributed by atoms with Crippen LogP contribution in [0.25, 0.3) is 0 Å². The first-order valence-electron chi connectivity index (χ1n) is 7.77. The van der Waals surface area contributed by atoms with E-state index in [0.717, 1.165) is 18.7 Å². The zero-order valence-electron chi connectivity index (χ0n) is 13.1. The third kappa shape index (κ3) is 3.59. The number of carbonyl (C=O) groups excluding carboxylic acids is 1. The maximum Gasteiger partial charge on any atom is 0.310 e. The van der Waals surface area contributed by atoms with Gasteiger partial charge in [0.05, 0.1) is 13.0 Å². The molecule has 4 heteroatoms. The van der Waals surface area contributed by atoms with Crippen molar-refractivity contribution in [2.24, 2.45) is 5.92 Å². The minimum absolute atomic E-state index is 0.0399. The standard InChI is InChI=1S/C19H20FNO2/c1-23-19(22)18-13-21(11-14-6-3-2-4-7-14)12-17(18)15-8-5-9-16(20)10-15/h2-10,17-18H,11-13H2,1H3/t17-,18+/m0/s1.